The zero-order valence-electron chi connectivity index (χ0n) is 29.9. The maximum atomic E-state index is 2.56. The van der Waals surface area contributed by atoms with Crippen molar-refractivity contribution in [3.63, 3.8) is 0 Å². The minimum absolute atomic E-state index is 1.32. The van der Waals surface area contributed by atoms with Gasteiger partial charge in [-0.25, -0.2) is 0 Å². The Morgan fingerprint density at radius 2 is 0.429 bits per heavy atom. The first kappa shape index (κ1) is 26.5. The van der Waals surface area contributed by atoms with Crippen LogP contribution in [0.1, 0.15) is 0 Å². The average molecular weight is 697 g/mol. The average Bonchev–Trinajstić information content (AvgIpc) is 3.77. The van der Waals surface area contributed by atoms with E-state index in [9.17, 15) is 0 Å². The molecule has 0 bridgehead atoms. The van der Waals surface area contributed by atoms with Crippen LogP contribution in [0.25, 0.3) is 172 Å². The molecule has 0 nitrogen and oxygen atoms in total. The monoisotopic (exact) mass is 696 g/mol. The molecule has 0 atom stereocenters. The van der Waals surface area contributed by atoms with Crippen LogP contribution >= 0.6 is 0 Å². The summed E-state index contributed by atoms with van der Waals surface area (Å²) in [6.45, 7) is 0. The second-order valence-electron chi connectivity index (χ2n) is 17.0. The van der Waals surface area contributed by atoms with E-state index in [1.54, 1.807) is 0 Å². The highest BCUT2D eigenvalue weighted by Crippen LogP contribution is 2.58. The van der Waals surface area contributed by atoms with Gasteiger partial charge in [-0.2, -0.15) is 0 Å². The lowest BCUT2D eigenvalue weighted by Gasteiger charge is -2.14. The fourth-order valence-corrected chi connectivity index (χ4v) is 12.8. The van der Waals surface area contributed by atoms with Gasteiger partial charge >= 0.3 is 0 Å². The second-order valence-corrected chi connectivity index (χ2v) is 17.0. The minimum Gasteiger partial charge on any atom is -0.0610 e. The molecule has 0 aliphatic rings. The van der Waals surface area contributed by atoms with Gasteiger partial charge in [-0.15, -0.1) is 0 Å². The first-order chi connectivity index (χ1) is 27.8. The first-order valence-corrected chi connectivity index (χ1v) is 19.9. The minimum atomic E-state index is 1.32. The van der Waals surface area contributed by atoms with E-state index in [2.05, 4.69) is 146 Å². The Morgan fingerprint density at radius 1 is 0.143 bits per heavy atom. The van der Waals surface area contributed by atoms with E-state index in [4.69, 9.17) is 0 Å². The third-order valence-electron chi connectivity index (χ3n) is 14.7. The molecule has 0 aliphatic heterocycles. The normalized spacial score (nSPS) is 13.7. The lowest BCUT2D eigenvalue weighted by molar-refractivity contribution is 1.83. The number of fused-ring (bicyclic) bond motifs is 4. The predicted molar refractivity (Wildman–Crippen MR) is 245 cm³/mol. The summed E-state index contributed by atoms with van der Waals surface area (Å²) in [5.74, 6) is 0. The summed E-state index contributed by atoms with van der Waals surface area (Å²) >= 11 is 0. The summed E-state index contributed by atoms with van der Waals surface area (Å²) in [5.41, 5.74) is 0. The van der Waals surface area contributed by atoms with Crippen LogP contribution in [-0.2, 0) is 0 Å². The molecule has 56 heavy (non-hydrogen) atoms. The first-order valence-electron chi connectivity index (χ1n) is 19.9. The summed E-state index contributed by atoms with van der Waals surface area (Å²) in [4.78, 5) is 0. The predicted octanol–water partition coefficient (Wildman–Crippen LogP) is 16.2. The van der Waals surface area contributed by atoms with Gasteiger partial charge in [0.1, 0.15) is 0 Å². The topological polar surface area (TPSA) is 0 Å². The fourth-order valence-electron chi connectivity index (χ4n) is 12.8. The van der Waals surface area contributed by atoms with Crippen molar-refractivity contribution in [2.75, 3.05) is 0 Å². The molecule has 0 spiro atoms. The lowest BCUT2D eigenvalue weighted by atomic mass is 9.89. The molecule has 17 rings (SSSR count). The lowest BCUT2D eigenvalue weighted by Crippen LogP contribution is -1.85. The van der Waals surface area contributed by atoms with E-state index >= 15 is 0 Å². The largest absolute Gasteiger partial charge is 0.0610 e. The summed E-state index contributed by atoms with van der Waals surface area (Å²) in [5, 5.41) is 44.1. The molecule has 0 unspecified atom stereocenters. The number of hydrogen-bond acceptors (Lipinski definition) is 0. The Kier molecular flexibility index (Phi) is 3.88. The molecule has 17 aromatic carbocycles. The molecule has 0 heteroatoms. The molecule has 0 saturated carbocycles. The van der Waals surface area contributed by atoms with Gasteiger partial charge in [0.25, 0.3) is 0 Å². The number of hydrogen-bond donors (Lipinski definition) is 0. The third kappa shape index (κ3) is 2.58. The van der Waals surface area contributed by atoms with Crippen molar-refractivity contribution in [3.05, 3.63) is 146 Å². The maximum absolute atomic E-state index is 2.56. The van der Waals surface area contributed by atoms with Gasteiger partial charge in [0.05, 0.1) is 0 Å². The van der Waals surface area contributed by atoms with Crippen molar-refractivity contribution in [2.24, 2.45) is 0 Å². The van der Waals surface area contributed by atoms with Gasteiger partial charge in [0.15, 0.2) is 0 Å². The van der Waals surface area contributed by atoms with Gasteiger partial charge in [-0.1, -0.05) is 103 Å². The van der Waals surface area contributed by atoms with Crippen molar-refractivity contribution in [3.8, 4) is 0 Å². The molecule has 17 aromatic rings. The molecule has 0 radical (unpaired) electrons. The second kappa shape index (κ2) is 8.20. The smallest absolute Gasteiger partial charge is 0.000136 e. The zero-order valence-corrected chi connectivity index (χ0v) is 29.9. The van der Waals surface area contributed by atoms with Crippen LogP contribution in [-0.4, -0.2) is 0 Å². The Bertz CT molecular complexity index is 4550. The van der Waals surface area contributed by atoms with Crippen LogP contribution in [0, 0.1) is 0 Å². The van der Waals surface area contributed by atoms with E-state index in [0.717, 1.165) is 0 Å². The molecule has 0 amide bonds. The molecule has 248 valence electrons. The summed E-state index contributed by atoms with van der Waals surface area (Å²) in [6, 6.07) is 57.3. The van der Waals surface area contributed by atoms with Gasteiger partial charge in [0, 0.05) is 0 Å². The molecule has 0 N–H and O–H groups in total. The Morgan fingerprint density at radius 3 is 0.946 bits per heavy atom. The van der Waals surface area contributed by atoms with Gasteiger partial charge < -0.3 is 0 Å². The summed E-state index contributed by atoms with van der Waals surface area (Å²) in [7, 11) is 0. The van der Waals surface area contributed by atoms with Crippen LogP contribution in [0.4, 0.5) is 0 Å². The van der Waals surface area contributed by atoms with E-state index in [-0.39, 0.29) is 0 Å². The van der Waals surface area contributed by atoms with Crippen LogP contribution in [0.3, 0.4) is 0 Å². The highest BCUT2D eigenvalue weighted by atomic mass is 14.3. The number of benzene rings is 11. The van der Waals surface area contributed by atoms with Gasteiger partial charge in [0.2, 0.25) is 0 Å². The molecule has 0 fully saturated rings. The fraction of sp³-hybridized carbons (Fsp3) is 0. The van der Waals surface area contributed by atoms with Crippen LogP contribution in [0.5, 0.6) is 0 Å². The van der Waals surface area contributed by atoms with Crippen LogP contribution in [0.15, 0.2) is 146 Å². The third-order valence-corrected chi connectivity index (χ3v) is 14.7. The van der Waals surface area contributed by atoms with Crippen molar-refractivity contribution in [1.82, 2.24) is 0 Å². The van der Waals surface area contributed by atoms with E-state index < -0.39 is 0 Å². The van der Waals surface area contributed by atoms with Crippen molar-refractivity contribution < 1.29 is 0 Å². The number of rotatable bonds is 0. The van der Waals surface area contributed by atoms with Gasteiger partial charge in [-0.3, -0.25) is 0 Å². The molecule has 0 saturated heterocycles. The van der Waals surface area contributed by atoms with Crippen molar-refractivity contribution in [2.45, 2.75) is 0 Å². The Balaban J connectivity index is 1.28. The maximum Gasteiger partial charge on any atom is -0.000136 e. The quantitative estimate of drug-likeness (QED) is 0.109. The van der Waals surface area contributed by atoms with Crippen LogP contribution < -0.4 is 0 Å². The Hall–Kier alpha value is -7.28. The molecule has 0 aromatic heterocycles. The SMILES string of the molecule is c1cc2ccc3cc4c5c6cc7cccc8cc9cc%10cccc%11ccc%12cc%13c(c%14ccc%15ccc%16cc%17cc(c1)c2c3c%17c4c(c%15%16)c%145)c6c(c87)c%13c9c%12c%11%10. The molecular weight excluding hydrogens is 673 g/mol. The molecule has 0 aliphatic carbocycles. The van der Waals surface area contributed by atoms with Crippen molar-refractivity contribution in [1.29, 1.82) is 0 Å². The highest BCUT2D eigenvalue weighted by Gasteiger charge is 2.29. The standard InChI is InChI=1S/C56H24/c1-4-25-10-14-33-23-38-49-37-17-16-27-12-13-32-21-36-19-29-7-2-5-26-11-15-34-24-39-50(51(37)55(43(27)32)53(39)48(36)46(34)42(26)29)40-22-31-9-3-8-30-20-35-18-28(6-1)41(25)45(33)47(35)52(38)56(44(30)31)54(40)49/h1-24H. The zero-order chi connectivity index (χ0) is 35.4. The van der Waals surface area contributed by atoms with Gasteiger partial charge in [-0.05, 0) is 215 Å². The van der Waals surface area contributed by atoms with E-state index in [1.807, 2.05) is 0 Å². The van der Waals surface area contributed by atoms with E-state index in [0.29, 0.717) is 0 Å². The van der Waals surface area contributed by atoms with Crippen molar-refractivity contribution >= 4 is 172 Å². The van der Waals surface area contributed by atoms with Crippen LogP contribution in [0.2, 0.25) is 0 Å². The van der Waals surface area contributed by atoms with E-state index in [1.165, 1.54) is 172 Å². The highest BCUT2D eigenvalue weighted by molar-refractivity contribution is 6.58. The summed E-state index contributed by atoms with van der Waals surface area (Å²) in [6.07, 6.45) is 0. The molecular formula is C56H24. The Labute approximate surface area is 316 Å². The molecule has 0 heterocycles. The summed E-state index contributed by atoms with van der Waals surface area (Å²) < 4.78 is 0.